The minimum atomic E-state index is -0.509. The second-order valence-corrected chi connectivity index (χ2v) is 7.15. The summed E-state index contributed by atoms with van der Waals surface area (Å²) in [6.45, 7) is 3.69. The molecule has 0 atom stereocenters. The molecule has 0 fully saturated rings. The number of methoxy groups -OCH3 is 1. The first-order valence-electron chi connectivity index (χ1n) is 8.51. The Morgan fingerprint density at radius 2 is 2.03 bits per heavy atom. The van der Waals surface area contributed by atoms with Crippen LogP contribution >= 0.6 is 15.9 Å². The molecule has 0 radical (unpaired) electrons. The molecule has 10 heteroatoms. The molecule has 3 aromatic rings. The van der Waals surface area contributed by atoms with Crippen LogP contribution in [-0.4, -0.2) is 28.0 Å². The molecule has 0 unspecified atom stereocenters. The van der Waals surface area contributed by atoms with Gasteiger partial charge in [-0.3, -0.25) is 25.4 Å². The first-order valence-corrected chi connectivity index (χ1v) is 9.30. The third-order valence-corrected chi connectivity index (χ3v) is 4.78. The van der Waals surface area contributed by atoms with Crippen LogP contribution in [0.1, 0.15) is 16.8 Å². The number of aromatic amines is 1. The summed E-state index contributed by atoms with van der Waals surface area (Å²) in [6, 6.07) is 9.75. The summed E-state index contributed by atoms with van der Waals surface area (Å²) in [6.07, 6.45) is 1.40. The Morgan fingerprint density at radius 3 is 2.69 bits per heavy atom. The number of H-pyrrole nitrogens is 1. The maximum atomic E-state index is 12.8. The molecule has 0 aliphatic carbocycles. The van der Waals surface area contributed by atoms with Gasteiger partial charge in [0.25, 0.3) is 11.2 Å². The number of nitrogens with one attached hydrogen (secondary N) is 2. The Hall–Kier alpha value is -3.40. The molecular weight excluding hydrogens is 442 g/mol. The SMILES string of the molecule is COc1cc([N+](=O)[O-])ccc1NN=Cc1c(C)[nH]n(-c2ccc(Br)cc2C)c1=O. The van der Waals surface area contributed by atoms with E-state index in [1.807, 2.05) is 25.1 Å². The number of aryl methyl sites for hydroxylation is 2. The Labute approximate surface area is 174 Å². The van der Waals surface area contributed by atoms with E-state index in [4.69, 9.17) is 4.74 Å². The number of benzene rings is 2. The highest BCUT2D eigenvalue weighted by molar-refractivity contribution is 9.10. The molecule has 0 amide bonds. The molecule has 0 aliphatic rings. The quantitative estimate of drug-likeness (QED) is 0.329. The van der Waals surface area contributed by atoms with E-state index in [1.165, 1.54) is 36.2 Å². The van der Waals surface area contributed by atoms with Crippen molar-refractivity contribution in [2.75, 3.05) is 12.5 Å². The van der Waals surface area contributed by atoms with Gasteiger partial charge in [-0.15, -0.1) is 0 Å². The minimum absolute atomic E-state index is 0.0920. The number of nitro benzene ring substituents is 1. The zero-order valence-corrected chi connectivity index (χ0v) is 17.5. The highest BCUT2D eigenvalue weighted by Gasteiger charge is 2.13. The molecule has 9 nitrogen and oxygen atoms in total. The van der Waals surface area contributed by atoms with E-state index in [2.05, 4.69) is 31.6 Å². The number of nitro groups is 1. The Bertz CT molecular complexity index is 1170. The van der Waals surface area contributed by atoms with Crippen LogP contribution in [0.25, 0.3) is 5.69 Å². The molecule has 2 N–H and O–H groups in total. The maximum Gasteiger partial charge on any atom is 0.280 e. The summed E-state index contributed by atoms with van der Waals surface area (Å²) < 4.78 is 7.55. The average molecular weight is 460 g/mol. The Kier molecular flexibility index (Phi) is 5.83. The number of halogens is 1. The predicted molar refractivity (Wildman–Crippen MR) is 114 cm³/mol. The number of ether oxygens (including phenoxy) is 1. The number of hydrogen-bond donors (Lipinski definition) is 2. The monoisotopic (exact) mass is 459 g/mol. The van der Waals surface area contributed by atoms with Crippen molar-refractivity contribution in [1.29, 1.82) is 0 Å². The van der Waals surface area contributed by atoms with Gasteiger partial charge in [0.2, 0.25) is 0 Å². The lowest BCUT2D eigenvalue weighted by molar-refractivity contribution is -0.384. The molecule has 0 aliphatic heterocycles. The fourth-order valence-corrected chi connectivity index (χ4v) is 3.28. The standard InChI is InChI=1S/C19H18BrN5O4/c1-11-8-13(20)4-7-17(11)24-19(26)15(12(2)23-24)10-21-22-16-6-5-14(25(27)28)9-18(16)29-3/h4-10,22-23H,1-3H3. The lowest BCUT2D eigenvalue weighted by Gasteiger charge is -2.06. The van der Waals surface area contributed by atoms with Crippen LogP contribution in [0.5, 0.6) is 5.75 Å². The van der Waals surface area contributed by atoms with E-state index >= 15 is 0 Å². The predicted octanol–water partition coefficient (Wildman–Crippen LogP) is 3.91. The summed E-state index contributed by atoms with van der Waals surface area (Å²) in [4.78, 5) is 23.2. The first-order chi connectivity index (χ1) is 13.8. The summed E-state index contributed by atoms with van der Waals surface area (Å²) in [5.74, 6) is 0.269. The number of aromatic nitrogens is 2. The molecule has 2 aromatic carbocycles. The molecule has 1 heterocycles. The second kappa shape index (κ2) is 8.31. The number of hydrogen-bond acceptors (Lipinski definition) is 6. The smallest absolute Gasteiger partial charge is 0.280 e. The van der Waals surface area contributed by atoms with Crippen molar-refractivity contribution in [2.45, 2.75) is 13.8 Å². The van der Waals surface area contributed by atoms with Crippen molar-refractivity contribution in [3.8, 4) is 11.4 Å². The van der Waals surface area contributed by atoms with Gasteiger partial charge in [-0.05, 0) is 43.7 Å². The molecule has 150 valence electrons. The molecule has 0 saturated heterocycles. The normalized spacial score (nSPS) is 11.0. The van der Waals surface area contributed by atoms with Crippen molar-refractivity contribution in [3.63, 3.8) is 0 Å². The molecule has 29 heavy (non-hydrogen) atoms. The van der Waals surface area contributed by atoms with Crippen molar-refractivity contribution in [3.05, 3.63) is 78.2 Å². The molecule has 0 spiro atoms. The summed E-state index contributed by atoms with van der Waals surface area (Å²) in [7, 11) is 1.41. The van der Waals surface area contributed by atoms with Gasteiger partial charge in [0.1, 0.15) is 0 Å². The topological polar surface area (TPSA) is 115 Å². The summed E-state index contributed by atoms with van der Waals surface area (Å²) >= 11 is 3.41. The van der Waals surface area contributed by atoms with E-state index in [1.54, 1.807) is 6.92 Å². The number of rotatable bonds is 6. The van der Waals surface area contributed by atoms with Crippen LogP contribution in [0.4, 0.5) is 11.4 Å². The van der Waals surface area contributed by atoms with Gasteiger partial charge in [-0.1, -0.05) is 15.9 Å². The zero-order valence-electron chi connectivity index (χ0n) is 15.9. The van der Waals surface area contributed by atoms with Gasteiger partial charge in [0, 0.05) is 16.2 Å². The lowest BCUT2D eigenvalue weighted by atomic mass is 10.2. The van der Waals surface area contributed by atoms with E-state index in [0.29, 0.717) is 16.9 Å². The van der Waals surface area contributed by atoms with E-state index in [0.717, 1.165) is 15.7 Å². The van der Waals surface area contributed by atoms with Crippen molar-refractivity contribution < 1.29 is 9.66 Å². The summed E-state index contributed by atoms with van der Waals surface area (Å²) in [5, 5.41) is 18.0. The van der Waals surface area contributed by atoms with Crippen LogP contribution < -0.4 is 15.7 Å². The fraction of sp³-hybridized carbons (Fsp3) is 0.158. The number of anilines is 1. The first kappa shape index (κ1) is 20.3. The zero-order chi connectivity index (χ0) is 21.1. The van der Waals surface area contributed by atoms with Gasteiger partial charge >= 0.3 is 0 Å². The third kappa shape index (κ3) is 4.21. The van der Waals surface area contributed by atoms with E-state index < -0.39 is 4.92 Å². The van der Waals surface area contributed by atoms with Crippen LogP contribution in [0.15, 0.2) is 50.8 Å². The third-order valence-electron chi connectivity index (χ3n) is 4.29. The molecule has 1 aromatic heterocycles. The van der Waals surface area contributed by atoms with Gasteiger partial charge in [-0.2, -0.15) is 5.10 Å². The van der Waals surface area contributed by atoms with Crippen molar-refractivity contribution in [1.82, 2.24) is 9.78 Å². The number of non-ortho nitro benzene ring substituents is 1. The van der Waals surface area contributed by atoms with Crippen LogP contribution in [0.3, 0.4) is 0 Å². The van der Waals surface area contributed by atoms with Crippen LogP contribution in [0.2, 0.25) is 0 Å². The average Bonchev–Trinajstić information content (AvgIpc) is 2.96. The molecular formula is C19H18BrN5O4. The second-order valence-electron chi connectivity index (χ2n) is 6.23. The maximum absolute atomic E-state index is 12.8. The fourth-order valence-electron chi connectivity index (χ4n) is 2.80. The minimum Gasteiger partial charge on any atom is -0.494 e. The Morgan fingerprint density at radius 1 is 1.28 bits per heavy atom. The molecule has 3 rings (SSSR count). The van der Waals surface area contributed by atoms with Crippen molar-refractivity contribution in [2.24, 2.45) is 5.10 Å². The van der Waals surface area contributed by atoms with Crippen molar-refractivity contribution >= 4 is 33.5 Å². The van der Waals surface area contributed by atoms with E-state index in [9.17, 15) is 14.9 Å². The van der Waals surface area contributed by atoms with Gasteiger partial charge in [0.15, 0.2) is 5.75 Å². The Balaban J connectivity index is 1.88. The number of nitrogens with zero attached hydrogens (tertiary/aromatic N) is 3. The molecule has 0 bridgehead atoms. The van der Waals surface area contributed by atoms with Crippen LogP contribution in [0, 0.1) is 24.0 Å². The van der Waals surface area contributed by atoms with Crippen LogP contribution in [-0.2, 0) is 0 Å². The van der Waals surface area contributed by atoms with Gasteiger partial charge < -0.3 is 4.74 Å². The highest BCUT2D eigenvalue weighted by atomic mass is 79.9. The lowest BCUT2D eigenvalue weighted by Crippen LogP contribution is -2.18. The number of hydrazone groups is 1. The largest absolute Gasteiger partial charge is 0.494 e. The highest BCUT2D eigenvalue weighted by Crippen LogP contribution is 2.28. The van der Waals surface area contributed by atoms with Gasteiger partial charge in [0.05, 0.1) is 41.3 Å². The van der Waals surface area contributed by atoms with E-state index in [-0.39, 0.29) is 17.0 Å². The van der Waals surface area contributed by atoms with Gasteiger partial charge in [-0.25, -0.2) is 4.68 Å². The molecule has 0 saturated carbocycles. The summed E-state index contributed by atoms with van der Waals surface area (Å²) in [5.41, 5.74) is 5.57.